The largest absolute Gasteiger partial charge is 0.497 e. The molecule has 170 valence electrons. The van der Waals surface area contributed by atoms with Gasteiger partial charge in [-0.25, -0.2) is 14.8 Å². The average Bonchev–Trinajstić information content (AvgIpc) is 3.21. The van der Waals surface area contributed by atoms with Crippen molar-refractivity contribution in [2.24, 2.45) is 0 Å². The Hall–Kier alpha value is -3.35. The van der Waals surface area contributed by atoms with Gasteiger partial charge in [0.15, 0.2) is 10.6 Å². The summed E-state index contributed by atoms with van der Waals surface area (Å²) in [6, 6.07) is 2.61. The molecular weight excluding hydrogens is 447 g/mol. The molecule has 1 atom stereocenters. The minimum atomic E-state index is -4.64. The van der Waals surface area contributed by atoms with Crippen LogP contribution in [0.3, 0.4) is 0 Å². The van der Waals surface area contributed by atoms with E-state index in [0.717, 1.165) is 6.07 Å². The minimum absolute atomic E-state index is 0.0510. The van der Waals surface area contributed by atoms with Crippen LogP contribution in [0.25, 0.3) is 10.3 Å². The highest BCUT2D eigenvalue weighted by Gasteiger charge is 2.36. The van der Waals surface area contributed by atoms with Gasteiger partial charge >= 0.3 is 12.2 Å². The number of carbonyl (C=O) groups excluding carboxylic acids is 1. The van der Waals surface area contributed by atoms with Crippen molar-refractivity contribution < 1.29 is 22.7 Å². The Bertz CT molecular complexity index is 1150. The highest BCUT2D eigenvalue weighted by atomic mass is 32.1. The molecule has 4 rings (SSSR count). The van der Waals surface area contributed by atoms with Gasteiger partial charge < -0.3 is 25.6 Å². The van der Waals surface area contributed by atoms with Crippen LogP contribution in [0.2, 0.25) is 0 Å². The number of ether oxygens (including phenoxy) is 1. The van der Waals surface area contributed by atoms with E-state index in [4.69, 9.17) is 10.5 Å². The summed E-state index contributed by atoms with van der Waals surface area (Å²) in [6.45, 7) is 2.86. The summed E-state index contributed by atoms with van der Waals surface area (Å²) >= 11 is 1.35. The summed E-state index contributed by atoms with van der Waals surface area (Å²) in [6.07, 6.45) is -4.64. The second-order valence-corrected chi connectivity index (χ2v) is 8.07. The SMILES string of the molecule is COc1ccc(NC(=O)N2CCN(c3nc(N)nc4scnc34)C(C)C2)c(C(F)(F)F)c1. The van der Waals surface area contributed by atoms with Gasteiger partial charge in [-0.1, -0.05) is 0 Å². The molecule has 1 unspecified atom stereocenters. The van der Waals surface area contributed by atoms with E-state index in [0.29, 0.717) is 22.7 Å². The number of benzene rings is 1. The molecule has 3 heterocycles. The fourth-order valence-electron chi connectivity index (χ4n) is 3.61. The van der Waals surface area contributed by atoms with Crippen LogP contribution in [0, 0.1) is 0 Å². The summed E-state index contributed by atoms with van der Waals surface area (Å²) in [7, 11) is 1.28. The fourth-order valence-corrected chi connectivity index (χ4v) is 4.27. The number of amides is 2. The van der Waals surface area contributed by atoms with Crippen LogP contribution in [0.4, 0.5) is 35.4 Å². The zero-order valence-corrected chi connectivity index (χ0v) is 18.0. The van der Waals surface area contributed by atoms with E-state index >= 15 is 0 Å². The summed E-state index contributed by atoms with van der Waals surface area (Å²) in [5.41, 5.74) is 6.80. The first-order valence-corrected chi connectivity index (χ1v) is 10.5. The Labute approximate surface area is 185 Å². The van der Waals surface area contributed by atoms with E-state index < -0.39 is 17.8 Å². The highest BCUT2D eigenvalue weighted by molar-refractivity contribution is 7.16. The number of halogens is 3. The van der Waals surface area contributed by atoms with Gasteiger partial charge in [0.1, 0.15) is 11.3 Å². The maximum absolute atomic E-state index is 13.4. The molecule has 2 aromatic heterocycles. The number of piperazine rings is 1. The number of urea groups is 1. The summed E-state index contributed by atoms with van der Waals surface area (Å²) in [4.78, 5) is 29.7. The number of nitrogens with one attached hydrogen (secondary N) is 1. The highest BCUT2D eigenvalue weighted by Crippen LogP contribution is 2.37. The Morgan fingerprint density at radius 2 is 2.09 bits per heavy atom. The molecule has 1 aliphatic rings. The third-order valence-electron chi connectivity index (χ3n) is 5.16. The van der Waals surface area contributed by atoms with Crippen LogP contribution in [-0.2, 0) is 6.18 Å². The van der Waals surface area contributed by atoms with Crippen molar-refractivity contribution in [1.82, 2.24) is 19.9 Å². The van der Waals surface area contributed by atoms with Crippen molar-refractivity contribution in [3.8, 4) is 5.75 Å². The van der Waals surface area contributed by atoms with E-state index in [9.17, 15) is 18.0 Å². The van der Waals surface area contributed by atoms with Gasteiger partial charge in [0.2, 0.25) is 5.95 Å². The Balaban J connectivity index is 1.51. The molecule has 1 aliphatic heterocycles. The number of thiazole rings is 1. The monoisotopic (exact) mass is 467 g/mol. The first-order chi connectivity index (χ1) is 15.2. The predicted octanol–water partition coefficient (Wildman–Crippen LogP) is 3.44. The molecule has 0 radical (unpaired) electrons. The maximum Gasteiger partial charge on any atom is 0.418 e. The normalized spacial score (nSPS) is 17.0. The molecule has 1 fully saturated rings. The van der Waals surface area contributed by atoms with Crippen LogP contribution in [0.1, 0.15) is 12.5 Å². The molecule has 9 nitrogen and oxygen atoms in total. The smallest absolute Gasteiger partial charge is 0.418 e. The summed E-state index contributed by atoms with van der Waals surface area (Å²) in [5.74, 6) is 0.758. The molecule has 0 saturated carbocycles. The van der Waals surface area contributed by atoms with Gasteiger partial charge in [0.05, 0.1) is 23.9 Å². The lowest BCUT2D eigenvalue weighted by atomic mass is 10.1. The zero-order chi connectivity index (χ0) is 23.0. The molecule has 13 heteroatoms. The second kappa shape index (κ2) is 8.30. The van der Waals surface area contributed by atoms with Crippen LogP contribution < -0.4 is 20.7 Å². The van der Waals surface area contributed by atoms with Crippen molar-refractivity contribution in [2.75, 3.05) is 42.7 Å². The van der Waals surface area contributed by atoms with E-state index in [2.05, 4.69) is 20.3 Å². The Morgan fingerprint density at radius 1 is 1.31 bits per heavy atom. The number of rotatable bonds is 3. The van der Waals surface area contributed by atoms with Crippen molar-refractivity contribution in [2.45, 2.75) is 19.1 Å². The quantitative estimate of drug-likeness (QED) is 0.607. The van der Waals surface area contributed by atoms with Crippen LogP contribution >= 0.6 is 11.3 Å². The molecule has 3 N–H and O–H groups in total. The first-order valence-electron chi connectivity index (χ1n) is 9.62. The lowest BCUT2D eigenvalue weighted by Crippen LogP contribution is -2.55. The Kier molecular flexibility index (Phi) is 5.67. The number of alkyl halides is 3. The number of nitrogen functional groups attached to an aromatic ring is 1. The summed E-state index contributed by atoms with van der Waals surface area (Å²) in [5, 5.41) is 2.38. The number of hydrogen-bond acceptors (Lipinski definition) is 8. The number of methoxy groups -OCH3 is 1. The molecule has 1 saturated heterocycles. The molecule has 3 aromatic rings. The summed E-state index contributed by atoms with van der Waals surface area (Å²) < 4.78 is 45.2. The van der Waals surface area contributed by atoms with Gasteiger partial charge in [0, 0.05) is 25.7 Å². The molecule has 0 spiro atoms. The van der Waals surface area contributed by atoms with Crippen molar-refractivity contribution in [3.05, 3.63) is 29.3 Å². The predicted molar refractivity (Wildman–Crippen MR) is 115 cm³/mol. The van der Waals surface area contributed by atoms with Gasteiger partial charge in [-0.2, -0.15) is 18.2 Å². The van der Waals surface area contributed by atoms with Gasteiger partial charge in [-0.3, -0.25) is 0 Å². The van der Waals surface area contributed by atoms with Crippen molar-refractivity contribution in [1.29, 1.82) is 0 Å². The first kappa shape index (κ1) is 21.9. The number of aromatic nitrogens is 3. The number of fused-ring (bicyclic) bond motifs is 1. The van der Waals surface area contributed by atoms with Crippen LogP contribution in [0.5, 0.6) is 5.75 Å². The third-order valence-corrected chi connectivity index (χ3v) is 5.88. The van der Waals surface area contributed by atoms with Gasteiger partial charge in [-0.05, 0) is 25.1 Å². The van der Waals surface area contributed by atoms with E-state index in [1.807, 2.05) is 11.8 Å². The number of hydrogen-bond donors (Lipinski definition) is 2. The van der Waals surface area contributed by atoms with E-state index in [1.54, 1.807) is 5.51 Å². The molecule has 32 heavy (non-hydrogen) atoms. The third kappa shape index (κ3) is 4.20. The van der Waals surface area contributed by atoms with Gasteiger partial charge in [-0.15, -0.1) is 11.3 Å². The average molecular weight is 467 g/mol. The topological polar surface area (TPSA) is 110 Å². The van der Waals surface area contributed by atoms with E-state index in [-0.39, 0.29) is 36.5 Å². The number of carbonyl (C=O) groups is 1. The Morgan fingerprint density at radius 3 is 2.78 bits per heavy atom. The van der Waals surface area contributed by atoms with Crippen LogP contribution in [-0.4, -0.2) is 58.7 Å². The molecule has 0 bridgehead atoms. The maximum atomic E-state index is 13.4. The molecule has 1 aromatic carbocycles. The second-order valence-electron chi connectivity index (χ2n) is 7.24. The molecule has 0 aliphatic carbocycles. The molecule has 2 amide bonds. The lowest BCUT2D eigenvalue weighted by Gasteiger charge is -2.40. The van der Waals surface area contributed by atoms with Crippen molar-refractivity contribution in [3.63, 3.8) is 0 Å². The standard InChI is InChI=1S/C19H20F3N7O2S/c1-10-8-28(5-6-29(10)15-14-16(32-9-24-14)27-17(23)26-15)18(30)25-13-4-3-11(31-2)7-12(13)19(20,21)22/h3-4,7,9-10H,5-6,8H2,1-2H3,(H,25,30)(H2,23,26,27). The lowest BCUT2D eigenvalue weighted by molar-refractivity contribution is -0.137. The van der Waals surface area contributed by atoms with Crippen molar-refractivity contribution >= 4 is 45.2 Å². The van der Waals surface area contributed by atoms with E-state index in [1.165, 1.54) is 35.5 Å². The number of nitrogens with zero attached hydrogens (tertiary/aromatic N) is 5. The zero-order valence-electron chi connectivity index (χ0n) is 17.2. The fraction of sp³-hybridized carbons (Fsp3) is 0.368. The van der Waals surface area contributed by atoms with Crippen LogP contribution in [0.15, 0.2) is 23.7 Å². The minimum Gasteiger partial charge on any atom is -0.497 e. The molecular formula is C19H20F3N7O2S. The van der Waals surface area contributed by atoms with Gasteiger partial charge in [0.25, 0.3) is 0 Å². The number of nitrogens with two attached hydrogens (primary N) is 1. The number of anilines is 3.